The molecular formula is C12H14ClN3O2S2. The molecule has 0 aliphatic rings. The SMILES string of the molecule is CN(C)c1nc(CS(=O)(=O)Cc2ccccc2Cl)ns1. The number of sulfone groups is 1. The monoisotopic (exact) mass is 331 g/mol. The molecule has 0 bridgehead atoms. The van der Waals surface area contributed by atoms with E-state index in [0.717, 1.165) is 0 Å². The van der Waals surface area contributed by atoms with E-state index >= 15 is 0 Å². The summed E-state index contributed by atoms with van der Waals surface area (Å²) in [7, 11) is 0.328. The summed E-state index contributed by atoms with van der Waals surface area (Å²) in [5.41, 5.74) is 0.595. The van der Waals surface area contributed by atoms with Crippen molar-refractivity contribution in [2.24, 2.45) is 0 Å². The van der Waals surface area contributed by atoms with Crippen LogP contribution in [0.15, 0.2) is 24.3 Å². The Labute approximate surface area is 127 Å². The van der Waals surface area contributed by atoms with E-state index in [2.05, 4.69) is 9.36 Å². The van der Waals surface area contributed by atoms with E-state index in [9.17, 15) is 8.42 Å². The molecule has 0 radical (unpaired) electrons. The minimum atomic E-state index is -3.34. The molecule has 1 aromatic heterocycles. The lowest BCUT2D eigenvalue weighted by molar-refractivity contribution is 0.593. The van der Waals surface area contributed by atoms with Crippen molar-refractivity contribution in [1.82, 2.24) is 9.36 Å². The van der Waals surface area contributed by atoms with Gasteiger partial charge in [-0.3, -0.25) is 0 Å². The first-order chi connectivity index (χ1) is 9.37. The van der Waals surface area contributed by atoms with Crippen molar-refractivity contribution in [2.75, 3.05) is 19.0 Å². The highest BCUT2D eigenvalue weighted by atomic mass is 35.5. The second kappa shape index (κ2) is 6.07. The third kappa shape index (κ3) is 3.91. The summed E-state index contributed by atoms with van der Waals surface area (Å²) in [6.07, 6.45) is 0. The van der Waals surface area contributed by atoms with Crippen molar-refractivity contribution in [3.63, 3.8) is 0 Å². The highest BCUT2D eigenvalue weighted by molar-refractivity contribution is 7.89. The third-order valence-corrected chi connectivity index (χ3v) is 5.26. The zero-order valence-corrected chi connectivity index (χ0v) is 13.5. The summed E-state index contributed by atoms with van der Waals surface area (Å²) in [5, 5.41) is 1.14. The van der Waals surface area contributed by atoms with Crippen LogP contribution in [0.1, 0.15) is 11.4 Å². The van der Waals surface area contributed by atoms with E-state index in [1.165, 1.54) is 11.5 Å². The van der Waals surface area contributed by atoms with Crippen LogP contribution < -0.4 is 4.90 Å². The van der Waals surface area contributed by atoms with Gasteiger partial charge in [0.1, 0.15) is 5.75 Å². The number of hydrogen-bond acceptors (Lipinski definition) is 6. The maximum atomic E-state index is 12.2. The molecule has 0 atom stereocenters. The molecule has 8 heteroatoms. The van der Waals surface area contributed by atoms with Gasteiger partial charge in [-0.2, -0.15) is 4.37 Å². The minimum absolute atomic E-state index is 0.108. The fourth-order valence-corrected chi connectivity index (χ4v) is 3.90. The number of rotatable bonds is 5. The number of benzene rings is 1. The second-order valence-electron chi connectivity index (χ2n) is 4.51. The fourth-order valence-electron chi connectivity index (χ4n) is 1.59. The van der Waals surface area contributed by atoms with Crippen LogP contribution in [0.2, 0.25) is 5.02 Å². The summed E-state index contributed by atoms with van der Waals surface area (Å²) in [6, 6.07) is 6.92. The first-order valence-electron chi connectivity index (χ1n) is 5.81. The van der Waals surface area contributed by atoms with Crippen LogP contribution in [0.25, 0.3) is 0 Å². The van der Waals surface area contributed by atoms with Crippen LogP contribution in [0.5, 0.6) is 0 Å². The second-order valence-corrected chi connectivity index (χ2v) is 7.71. The van der Waals surface area contributed by atoms with Crippen LogP contribution in [-0.2, 0) is 21.3 Å². The predicted molar refractivity (Wildman–Crippen MR) is 82.0 cm³/mol. The van der Waals surface area contributed by atoms with E-state index in [1.54, 1.807) is 29.2 Å². The standard InChI is InChI=1S/C12H14ClN3O2S2/c1-16(2)12-14-11(15-19-12)8-20(17,18)7-9-5-3-4-6-10(9)13/h3-6H,7-8H2,1-2H3. The molecule has 1 aromatic carbocycles. The van der Waals surface area contributed by atoms with Gasteiger partial charge < -0.3 is 4.90 Å². The van der Waals surface area contributed by atoms with Gasteiger partial charge in [-0.05, 0) is 11.6 Å². The summed E-state index contributed by atoms with van der Waals surface area (Å²) in [5.74, 6) is 0.0388. The lowest BCUT2D eigenvalue weighted by Gasteiger charge is -2.05. The normalized spacial score (nSPS) is 11.6. The van der Waals surface area contributed by atoms with Crippen LogP contribution in [0, 0.1) is 0 Å². The van der Waals surface area contributed by atoms with E-state index in [4.69, 9.17) is 11.6 Å². The van der Waals surface area contributed by atoms with Crippen molar-refractivity contribution in [3.8, 4) is 0 Å². The van der Waals surface area contributed by atoms with Crippen molar-refractivity contribution in [3.05, 3.63) is 40.7 Å². The lowest BCUT2D eigenvalue weighted by atomic mass is 10.2. The molecular weight excluding hydrogens is 318 g/mol. The van der Waals surface area contributed by atoms with Gasteiger partial charge in [0, 0.05) is 30.7 Å². The number of hydrogen-bond donors (Lipinski definition) is 0. The van der Waals surface area contributed by atoms with E-state index in [1.807, 2.05) is 14.1 Å². The molecule has 0 fully saturated rings. The molecule has 0 unspecified atom stereocenters. The Balaban J connectivity index is 2.13. The molecule has 1 heterocycles. The van der Waals surface area contributed by atoms with Gasteiger partial charge in [-0.15, -0.1) is 0 Å². The van der Waals surface area contributed by atoms with Crippen molar-refractivity contribution in [1.29, 1.82) is 0 Å². The zero-order valence-electron chi connectivity index (χ0n) is 11.1. The van der Waals surface area contributed by atoms with E-state index < -0.39 is 9.84 Å². The Hall–Kier alpha value is -1.18. The molecule has 0 aliphatic carbocycles. The summed E-state index contributed by atoms with van der Waals surface area (Å²) >= 11 is 7.16. The smallest absolute Gasteiger partial charge is 0.204 e. The highest BCUT2D eigenvalue weighted by Crippen LogP contribution is 2.20. The molecule has 2 rings (SSSR count). The molecule has 2 aromatic rings. The average Bonchev–Trinajstić information content (AvgIpc) is 2.79. The maximum absolute atomic E-state index is 12.2. The van der Waals surface area contributed by atoms with Gasteiger partial charge in [-0.1, -0.05) is 29.8 Å². The Morgan fingerprint density at radius 1 is 1.25 bits per heavy atom. The lowest BCUT2D eigenvalue weighted by Crippen LogP contribution is -2.11. The Bertz CT molecular complexity index is 698. The summed E-state index contributed by atoms with van der Waals surface area (Å²) in [6.45, 7) is 0. The first kappa shape index (κ1) is 15.2. The van der Waals surface area contributed by atoms with Gasteiger partial charge >= 0.3 is 0 Å². The maximum Gasteiger partial charge on any atom is 0.204 e. The van der Waals surface area contributed by atoms with Crippen LogP contribution in [0.4, 0.5) is 5.13 Å². The fraction of sp³-hybridized carbons (Fsp3) is 0.333. The molecule has 0 spiro atoms. The van der Waals surface area contributed by atoms with Gasteiger partial charge in [-0.25, -0.2) is 13.4 Å². The Morgan fingerprint density at radius 3 is 2.55 bits per heavy atom. The van der Waals surface area contributed by atoms with Gasteiger partial charge in [0.25, 0.3) is 0 Å². The zero-order chi connectivity index (χ0) is 14.8. The van der Waals surface area contributed by atoms with Crippen molar-refractivity contribution in [2.45, 2.75) is 11.5 Å². The number of halogens is 1. The minimum Gasteiger partial charge on any atom is -0.353 e. The molecule has 108 valence electrons. The highest BCUT2D eigenvalue weighted by Gasteiger charge is 2.18. The van der Waals surface area contributed by atoms with Crippen molar-refractivity contribution >= 4 is 38.1 Å². The van der Waals surface area contributed by atoms with Crippen LogP contribution in [-0.4, -0.2) is 31.9 Å². The van der Waals surface area contributed by atoms with Gasteiger partial charge in [0.2, 0.25) is 5.13 Å². The summed E-state index contributed by atoms with van der Waals surface area (Å²) in [4.78, 5) is 5.97. The molecule has 5 nitrogen and oxygen atoms in total. The molecule has 0 saturated heterocycles. The number of anilines is 1. The van der Waals surface area contributed by atoms with Crippen LogP contribution >= 0.6 is 23.1 Å². The largest absolute Gasteiger partial charge is 0.353 e. The molecule has 0 N–H and O–H groups in total. The average molecular weight is 332 g/mol. The molecule has 0 amide bonds. The van der Waals surface area contributed by atoms with Gasteiger partial charge in [0.05, 0.1) is 5.75 Å². The third-order valence-electron chi connectivity index (χ3n) is 2.52. The van der Waals surface area contributed by atoms with E-state index in [0.29, 0.717) is 21.5 Å². The quantitative estimate of drug-likeness (QED) is 0.841. The Kier molecular flexibility index (Phi) is 4.62. The van der Waals surface area contributed by atoms with Crippen molar-refractivity contribution < 1.29 is 8.42 Å². The molecule has 0 aliphatic heterocycles. The van der Waals surface area contributed by atoms with E-state index in [-0.39, 0.29) is 11.5 Å². The summed E-state index contributed by atoms with van der Waals surface area (Å²) < 4.78 is 28.4. The predicted octanol–water partition coefficient (Wildman–Crippen LogP) is 2.37. The van der Waals surface area contributed by atoms with Crippen LogP contribution in [0.3, 0.4) is 0 Å². The van der Waals surface area contributed by atoms with Gasteiger partial charge in [0.15, 0.2) is 15.7 Å². The number of aromatic nitrogens is 2. The molecule has 20 heavy (non-hydrogen) atoms. The molecule has 0 saturated carbocycles. The Morgan fingerprint density at radius 2 is 1.95 bits per heavy atom. The number of nitrogens with zero attached hydrogens (tertiary/aromatic N) is 3. The first-order valence-corrected chi connectivity index (χ1v) is 8.78. The topological polar surface area (TPSA) is 63.2 Å².